The topological polar surface area (TPSA) is 78.9 Å². The lowest BCUT2D eigenvalue weighted by Gasteiger charge is -2.18. The first kappa shape index (κ1) is 76.3. The number of hydrogen-bond donors (Lipinski definition) is 0. The molecule has 1 unspecified atom stereocenters. The van der Waals surface area contributed by atoms with E-state index in [1.54, 1.807) is 0 Å². The summed E-state index contributed by atoms with van der Waals surface area (Å²) in [6.45, 7) is 6.36. The summed E-state index contributed by atoms with van der Waals surface area (Å²) in [6.07, 6.45) is 97.2. The Labute approximate surface area is 499 Å². The van der Waals surface area contributed by atoms with Gasteiger partial charge in [-0.1, -0.05) is 301 Å². The van der Waals surface area contributed by atoms with Crippen molar-refractivity contribution in [3.8, 4) is 0 Å². The highest BCUT2D eigenvalue weighted by Gasteiger charge is 2.19. The Morgan fingerprint density at radius 2 is 0.494 bits per heavy atom. The highest BCUT2D eigenvalue weighted by Crippen LogP contribution is 2.16. The summed E-state index contributed by atoms with van der Waals surface area (Å²) in [6, 6.07) is 0. The lowest BCUT2D eigenvalue weighted by Crippen LogP contribution is -2.30. The molecule has 6 nitrogen and oxygen atoms in total. The Balaban J connectivity index is 4.54. The minimum Gasteiger partial charge on any atom is -0.462 e. The summed E-state index contributed by atoms with van der Waals surface area (Å²) in [5.41, 5.74) is 0. The lowest BCUT2D eigenvalue weighted by molar-refractivity contribution is -0.167. The quantitative estimate of drug-likeness (QED) is 0.0261. The Hall–Kier alpha value is -4.71. The number of carbonyl (C=O) groups excluding carboxylic acids is 3. The van der Waals surface area contributed by atoms with E-state index in [9.17, 15) is 14.4 Å². The van der Waals surface area contributed by atoms with E-state index in [0.717, 1.165) is 128 Å². The molecule has 0 heterocycles. The normalized spacial score (nSPS) is 13.1. The molecule has 0 bridgehead atoms. The van der Waals surface area contributed by atoms with Crippen molar-refractivity contribution < 1.29 is 28.6 Å². The van der Waals surface area contributed by atoms with Crippen LogP contribution >= 0.6 is 0 Å². The Morgan fingerprint density at radius 3 is 0.802 bits per heavy atom. The summed E-state index contributed by atoms with van der Waals surface area (Å²) >= 11 is 0. The molecule has 0 saturated carbocycles. The van der Waals surface area contributed by atoms with Crippen LogP contribution in [0.15, 0.2) is 146 Å². The van der Waals surface area contributed by atoms with E-state index in [-0.39, 0.29) is 37.5 Å². The molecule has 6 heteroatoms. The molecule has 0 aromatic carbocycles. The molecule has 81 heavy (non-hydrogen) atoms. The first-order valence-corrected chi connectivity index (χ1v) is 33.3. The zero-order valence-corrected chi connectivity index (χ0v) is 52.5. The van der Waals surface area contributed by atoms with Gasteiger partial charge in [-0.25, -0.2) is 0 Å². The number of hydrogen-bond acceptors (Lipinski definition) is 6. The van der Waals surface area contributed by atoms with Crippen molar-refractivity contribution in [1.29, 1.82) is 0 Å². The molecule has 0 radical (unpaired) electrons. The zero-order chi connectivity index (χ0) is 58.5. The predicted octanol–water partition coefficient (Wildman–Crippen LogP) is 23.1. The molecule has 0 rings (SSSR count). The second-order valence-electron chi connectivity index (χ2n) is 21.6. The van der Waals surface area contributed by atoms with E-state index >= 15 is 0 Å². The average Bonchev–Trinajstić information content (AvgIpc) is 3.47. The Morgan fingerprint density at radius 1 is 0.259 bits per heavy atom. The molecular formula is C75H122O6. The molecule has 0 aliphatic rings. The van der Waals surface area contributed by atoms with E-state index in [4.69, 9.17) is 14.2 Å². The molecule has 0 aromatic heterocycles. The van der Waals surface area contributed by atoms with Gasteiger partial charge in [0.15, 0.2) is 6.10 Å². The molecular weight excluding hydrogens is 997 g/mol. The fourth-order valence-corrected chi connectivity index (χ4v) is 8.93. The van der Waals surface area contributed by atoms with Crippen molar-refractivity contribution in [3.63, 3.8) is 0 Å². The van der Waals surface area contributed by atoms with Crippen molar-refractivity contribution in [3.05, 3.63) is 146 Å². The maximum absolute atomic E-state index is 12.9. The van der Waals surface area contributed by atoms with Gasteiger partial charge in [-0.05, 0) is 116 Å². The van der Waals surface area contributed by atoms with Crippen LogP contribution in [-0.2, 0) is 28.6 Å². The van der Waals surface area contributed by atoms with Crippen LogP contribution in [0.25, 0.3) is 0 Å². The fourth-order valence-electron chi connectivity index (χ4n) is 8.93. The highest BCUT2D eigenvalue weighted by atomic mass is 16.6. The second-order valence-corrected chi connectivity index (χ2v) is 21.6. The number of ether oxygens (including phenoxy) is 3. The molecule has 0 spiro atoms. The van der Waals surface area contributed by atoms with E-state index in [1.807, 2.05) is 0 Å². The maximum atomic E-state index is 12.9. The fraction of sp³-hybridized carbons (Fsp3) is 0.640. The van der Waals surface area contributed by atoms with Crippen LogP contribution in [0.4, 0.5) is 0 Å². The smallest absolute Gasteiger partial charge is 0.306 e. The third-order valence-corrected chi connectivity index (χ3v) is 13.8. The number of esters is 3. The van der Waals surface area contributed by atoms with E-state index in [2.05, 4.69) is 167 Å². The lowest BCUT2D eigenvalue weighted by atomic mass is 10.0. The van der Waals surface area contributed by atoms with Crippen molar-refractivity contribution in [2.75, 3.05) is 13.2 Å². The average molecular weight is 1120 g/mol. The number of rotatable bonds is 59. The van der Waals surface area contributed by atoms with Crippen LogP contribution in [0.5, 0.6) is 0 Å². The molecule has 1 atom stereocenters. The van der Waals surface area contributed by atoms with Gasteiger partial charge in [0.05, 0.1) is 0 Å². The molecule has 0 saturated heterocycles. The van der Waals surface area contributed by atoms with Gasteiger partial charge in [0.2, 0.25) is 0 Å². The first-order chi connectivity index (χ1) is 40.0. The van der Waals surface area contributed by atoms with Gasteiger partial charge in [-0.15, -0.1) is 0 Å². The first-order valence-electron chi connectivity index (χ1n) is 33.3. The van der Waals surface area contributed by atoms with Crippen LogP contribution in [-0.4, -0.2) is 37.2 Å². The van der Waals surface area contributed by atoms with Gasteiger partial charge in [0, 0.05) is 19.3 Å². The molecule has 458 valence electrons. The summed E-state index contributed by atoms with van der Waals surface area (Å²) < 4.78 is 16.9. The highest BCUT2D eigenvalue weighted by molar-refractivity contribution is 5.71. The standard InChI is InChI=1S/C75H122O6/c1-4-7-10-13-16-19-22-25-28-31-34-36-37-39-41-44-47-50-53-56-59-62-65-68-74(77)80-71-72(70-79-73(76)67-64-61-58-55-52-49-46-43-40-33-30-27-24-21-18-15-12-9-6-3)81-75(78)69-66-63-60-57-54-51-48-45-42-38-35-32-29-26-23-20-17-14-11-8-5-2/h7,9-10,12,16,18-19,21,25,27-28,30,34,36,39-41,43,47,49-50,52,56,59,72H,4-6,8,11,13-15,17,20,22-24,26,29,31-33,35,37-38,42,44-46,48,51,53-55,57-58,60-71H2,1-3H3/b10-7-,12-9-,19-16-,21-18-,28-25-,30-27-,36-34-,41-39-,43-40-,50-47-,52-49-,59-56-. The molecule has 0 aromatic rings. The van der Waals surface area contributed by atoms with Crippen molar-refractivity contribution in [2.45, 2.75) is 297 Å². The number of allylic oxidation sites excluding steroid dienone is 24. The molecule has 0 aliphatic carbocycles. The van der Waals surface area contributed by atoms with Gasteiger partial charge in [0.25, 0.3) is 0 Å². The van der Waals surface area contributed by atoms with Gasteiger partial charge in [0.1, 0.15) is 13.2 Å². The third kappa shape index (κ3) is 66.0. The van der Waals surface area contributed by atoms with Crippen LogP contribution < -0.4 is 0 Å². The van der Waals surface area contributed by atoms with Crippen LogP contribution in [0.2, 0.25) is 0 Å². The SMILES string of the molecule is CC/C=C\C/C=C\C/C=C\C/C=C\C/C=C\C/C=C\C/C=C\CCCC(=O)OCC(COC(=O)CCCCC/C=C\C/C=C\C/C=C\C/C=C\C/C=C\CC)OC(=O)CCCCCCCCCCCCCCCCCCCCCCC. The largest absolute Gasteiger partial charge is 0.462 e. The number of unbranched alkanes of at least 4 members (excludes halogenated alkanes) is 24. The summed E-state index contributed by atoms with van der Waals surface area (Å²) in [5.74, 6) is -1.00. The second kappa shape index (κ2) is 67.8. The van der Waals surface area contributed by atoms with Gasteiger partial charge >= 0.3 is 17.9 Å². The van der Waals surface area contributed by atoms with E-state index < -0.39 is 6.10 Å². The Bertz CT molecular complexity index is 1760. The summed E-state index contributed by atoms with van der Waals surface area (Å²) in [7, 11) is 0. The predicted molar refractivity (Wildman–Crippen MR) is 352 cm³/mol. The summed E-state index contributed by atoms with van der Waals surface area (Å²) in [4.78, 5) is 38.4. The molecule has 0 amide bonds. The van der Waals surface area contributed by atoms with Crippen molar-refractivity contribution in [2.24, 2.45) is 0 Å². The third-order valence-electron chi connectivity index (χ3n) is 13.8. The van der Waals surface area contributed by atoms with Gasteiger partial charge < -0.3 is 14.2 Å². The number of carbonyl (C=O) groups is 3. The van der Waals surface area contributed by atoms with E-state index in [0.29, 0.717) is 19.3 Å². The monoisotopic (exact) mass is 1120 g/mol. The van der Waals surface area contributed by atoms with Crippen LogP contribution in [0.1, 0.15) is 290 Å². The maximum Gasteiger partial charge on any atom is 0.306 e. The Kier molecular flexibility index (Phi) is 63.9. The van der Waals surface area contributed by atoms with Crippen LogP contribution in [0, 0.1) is 0 Å². The van der Waals surface area contributed by atoms with E-state index in [1.165, 1.54) is 116 Å². The minimum absolute atomic E-state index is 0.117. The van der Waals surface area contributed by atoms with Gasteiger partial charge in [-0.3, -0.25) is 14.4 Å². The van der Waals surface area contributed by atoms with Crippen molar-refractivity contribution >= 4 is 17.9 Å². The zero-order valence-electron chi connectivity index (χ0n) is 52.5. The summed E-state index contributed by atoms with van der Waals surface area (Å²) in [5, 5.41) is 0. The van der Waals surface area contributed by atoms with Crippen molar-refractivity contribution in [1.82, 2.24) is 0 Å². The molecule has 0 N–H and O–H groups in total. The molecule has 0 aliphatic heterocycles. The molecule has 0 fully saturated rings. The minimum atomic E-state index is -0.822. The van der Waals surface area contributed by atoms with Gasteiger partial charge in [-0.2, -0.15) is 0 Å². The van der Waals surface area contributed by atoms with Crippen LogP contribution in [0.3, 0.4) is 0 Å².